The van der Waals surface area contributed by atoms with E-state index in [-0.39, 0.29) is 6.54 Å². The van der Waals surface area contributed by atoms with Gasteiger partial charge in [0.15, 0.2) is 0 Å². The molecule has 0 aromatic rings. The lowest BCUT2D eigenvalue weighted by molar-refractivity contribution is -0.147. The standard InChI is InChI=1S/C11H15F3N2O/c1-16(7-6-11(12,13)14)9(17)10(8-15)4-2-3-5-10/h2-7H2,1H3. The second kappa shape index (κ2) is 4.94. The third-order valence-electron chi connectivity index (χ3n) is 3.16. The minimum Gasteiger partial charge on any atom is -0.344 e. The fraction of sp³-hybridized carbons (Fsp3) is 0.818. The van der Waals surface area contributed by atoms with Crippen molar-refractivity contribution in [3.63, 3.8) is 0 Å². The van der Waals surface area contributed by atoms with E-state index in [0.717, 1.165) is 17.7 Å². The lowest BCUT2D eigenvalue weighted by Crippen LogP contribution is -2.41. The highest BCUT2D eigenvalue weighted by Gasteiger charge is 2.43. The maximum Gasteiger partial charge on any atom is 0.390 e. The Labute approximate surface area is 98.2 Å². The van der Waals surface area contributed by atoms with Gasteiger partial charge >= 0.3 is 6.18 Å². The quantitative estimate of drug-likeness (QED) is 0.770. The molecular weight excluding hydrogens is 233 g/mol. The number of hydrogen-bond donors (Lipinski definition) is 0. The SMILES string of the molecule is CN(CCC(F)(F)F)C(=O)C1(C#N)CCCC1. The number of carbonyl (C=O) groups excluding carboxylic acids is 1. The summed E-state index contributed by atoms with van der Waals surface area (Å²) in [5.41, 5.74) is -1.08. The lowest BCUT2D eigenvalue weighted by atomic mass is 9.86. The molecule has 0 heterocycles. The van der Waals surface area contributed by atoms with Crippen LogP contribution < -0.4 is 0 Å². The van der Waals surface area contributed by atoms with Crippen molar-refractivity contribution in [3.05, 3.63) is 0 Å². The molecule has 17 heavy (non-hydrogen) atoms. The van der Waals surface area contributed by atoms with Crippen molar-refractivity contribution >= 4 is 5.91 Å². The summed E-state index contributed by atoms with van der Waals surface area (Å²) >= 11 is 0. The molecule has 0 radical (unpaired) electrons. The second-order valence-corrected chi connectivity index (χ2v) is 4.49. The van der Waals surface area contributed by atoms with Gasteiger partial charge < -0.3 is 4.90 Å². The molecule has 0 aliphatic heterocycles. The number of nitriles is 1. The molecule has 0 unspecified atom stereocenters. The molecule has 1 rings (SSSR count). The molecule has 1 saturated carbocycles. The van der Waals surface area contributed by atoms with Crippen LogP contribution in [0.2, 0.25) is 0 Å². The van der Waals surface area contributed by atoms with Crippen molar-refractivity contribution in [3.8, 4) is 6.07 Å². The van der Waals surface area contributed by atoms with Crippen LogP contribution in [0.5, 0.6) is 0 Å². The highest BCUT2D eigenvalue weighted by Crippen LogP contribution is 2.39. The average Bonchev–Trinajstić information content (AvgIpc) is 2.73. The molecule has 1 aliphatic carbocycles. The smallest absolute Gasteiger partial charge is 0.344 e. The summed E-state index contributed by atoms with van der Waals surface area (Å²) in [6.07, 6.45) is -2.82. The van der Waals surface area contributed by atoms with Gasteiger partial charge in [-0.2, -0.15) is 18.4 Å². The summed E-state index contributed by atoms with van der Waals surface area (Å²) in [4.78, 5) is 13.0. The largest absolute Gasteiger partial charge is 0.390 e. The fourth-order valence-electron chi connectivity index (χ4n) is 2.11. The lowest BCUT2D eigenvalue weighted by Gasteiger charge is -2.26. The predicted molar refractivity (Wildman–Crippen MR) is 54.8 cm³/mol. The Kier molecular flexibility index (Phi) is 4.02. The first-order valence-corrected chi connectivity index (χ1v) is 5.54. The maximum absolute atomic E-state index is 12.0. The third kappa shape index (κ3) is 3.35. The summed E-state index contributed by atoms with van der Waals surface area (Å²) in [6, 6.07) is 1.98. The van der Waals surface area contributed by atoms with E-state index in [0.29, 0.717) is 12.8 Å². The van der Waals surface area contributed by atoms with Crippen molar-refractivity contribution in [1.82, 2.24) is 4.90 Å². The van der Waals surface area contributed by atoms with Gasteiger partial charge in [0.05, 0.1) is 12.5 Å². The summed E-state index contributed by atoms with van der Waals surface area (Å²) in [7, 11) is 1.32. The van der Waals surface area contributed by atoms with Gasteiger partial charge in [0, 0.05) is 13.6 Å². The average molecular weight is 248 g/mol. The summed E-state index contributed by atoms with van der Waals surface area (Å²) in [5.74, 6) is -0.471. The number of rotatable bonds is 3. The monoisotopic (exact) mass is 248 g/mol. The zero-order valence-electron chi connectivity index (χ0n) is 9.68. The van der Waals surface area contributed by atoms with E-state index in [4.69, 9.17) is 5.26 Å². The summed E-state index contributed by atoms with van der Waals surface area (Å²) in [5, 5.41) is 9.04. The van der Waals surface area contributed by atoms with Crippen LogP contribution in [0, 0.1) is 16.7 Å². The Morgan fingerprint density at radius 3 is 2.35 bits per heavy atom. The molecule has 0 aromatic heterocycles. The number of nitrogens with zero attached hydrogens (tertiary/aromatic N) is 2. The van der Waals surface area contributed by atoms with E-state index in [1.165, 1.54) is 7.05 Å². The van der Waals surface area contributed by atoms with E-state index < -0.39 is 23.9 Å². The van der Waals surface area contributed by atoms with Crippen LogP contribution in [0.4, 0.5) is 13.2 Å². The number of alkyl halides is 3. The van der Waals surface area contributed by atoms with E-state index in [1.807, 2.05) is 6.07 Å². The molecule has 0 N–H and O–H groups in total. The maximum atomic E-state index is 12.0. The van der Waals surface area contributed by atoms with Crippen molar-refractivity contribution in [2.75, 3.05) is 13.6 Å². The zero-order valence-corrected chi connectivity index (χ0v) is 9.68. The molecule has 0 spiro atoms. The van der Waals surface area contributed by atoms with Gasteiger partial charge in [-0.15, -0.1) is 0 Å². The van der Waals surface area contributed by atoms with Gasteiger partial charge in [-0.3, -0.25) is 4.79 Å². The van der Waals surface area contributed by atoms with Crippen molar-refractivity contribution in [2.24, 2.45) is 5.41 Å². The van der Waals surface area contributed by atoms with Crippen molar-refractivity contribution in [1.29, 1.82) is 5.26 Å². The summed E-state index contributed by atoms with van der Waals surface area (Å²) in [6.45, 7) is -0.383. The van der Waals surface area contributed by atoms with Gasteiger partial charge in [-0.25, -0.2) is 0 Å². The third-order valence-corrected chi connectivity index (χ3v) is 3.16. The Bertz CT molecular complexity index is 327. The van der Waals surface area contributed by atoms with Crippen LogP contribution in [-0.2, 0) is 4.79 Å². The number of amides is 1. The topological polar surface area (TPSA) is 44.1 Å². The highest BCUT2D eigenvalue weighted by molar-refractivity contribution is 5.85. The first-order valence-electron chi connectivity index (χ1n) is 5.54. The molecule has 6 heteroatoms. The molecular formula is C11H15F3N2O. The van der Waals surface area contributed by atoms with Gasteiger partial charge in [0.2, 0.25) is 5.91 Å². The van der Waals surface area contributed by atoms with Gasteiger partial charge in [-0.1, -0.05) is 12.8 Å². The van der Waals surface area contributed by atoms with Gasteiger partial charge in [-0.05, 0) is 12.8 Å². The fourth-order valence-corrected chi connectivity index (χ4v) is 2.11. The highest BCUT2D eigenvalue weighted by atomic mass is 19.4. The second-order valence-electron chi connectivity index (χ2n) is 4.49. The number of hydrogen-bond acceptors (Lipinski definition) is 2. The molecule has 96 valence electrons. The minimum absolute atomic E-state index is 0.383. The van der Waals surface area contributed by atoms with Crippen LogP contribution in [-0.4, -0.2) is 30.6 Å². The van der Waals surface area contributed by atoms with Gasteiger partial charge in [0.1, 0.15) is 5.41 Å². The van der Waals surface area contributed by atoms with Gasteiger partial charge in [0.25, 0.3) is 0 Å². The molecule has 1 fully saturated rings. The van der Waals surface area contributed by atoms with Crippen LogP contribution in [0.1, 0.15) is 32.1 Å². The minimum atomic E-state index is -4.27. The molecule has 0 aromatic carbocycles. The number of halogens is 3. The van der Waals surface area contributed by atoms with E-state index in [1.54, 1.807) is 0 Å². The summed E-state index contributed by atoms with van der Waals surface area (Å²) < 4.78 is 36.1. The molecule has 0 saturated heterocycles. The molecule has 0 atom stereocenters. The van der Waals surface area contributed by atoms with E-state index in [9.17, 15) is 18.0 Å². The van der Waals surface area contributed by atoms with Crippen molar-refractivity contribution < 1.29 is 18.0 Å². The van der Waals surface area contributed by atoms with E-state index >= 15 is 0 Å². The van der Waals surface area contributed by atoms with E-state index in [2.05, 4.69) is 0 Å². The molecule has 3 nitrogen and oxygen atoms in total. The van der Waals surface area contributed by atoms with Crippen LogP contribution in [0.3, 0.4) is 0 Å². The first-order chi connectivity index (χ1) is 7.81. The Morgan fingerprint density at radius 1 is 1.41 bits per heavy atom. The van der Waals surface area contributed by atoms with Crippen molar-refractivity contribution in [2.45, 2.75) is 38.3 Å². The van der Waals surface area contributed by atoms with Crippen LogP contribution >= 0.6 is 0 Å². The molecule has 1 aliphatic rings. The Balaban J connectivity index is 2.60. The van der Waals surface area contributed by atoms with Crippen LogP contribution in [0.15, 0.2) is 0 Å². The Morgan fingerprint density at radius 2 is 1.94 bits per heavy atom. The molecule has 0 bridgehead atoms. The normalized spacial score (nSPS) is 18.8. The predicted octanol–water partition coefficient (Wildman–Crippen LogP) is 2.48. The van der Waals surface area contributed by atoms with Crippen LogP contribution in [0.25, 0.3) is 0 Å². The number of carbonyl (C=O) groups is 1. The molecule has 1 amide bonds. The first kappa shape index (κ1) is 13.8. The Hall–Kier alpha value is -1.25. The zero-order chi connectivity index (χ0) is 13.1.